The van der Waals surface area contributed by atoms with Crippen LogP contribution < -0.4 is 5.32 Å². The van der Waals surface area contributed by atoms with Crippen LogP contribution in [-0.2, 0) is 14.8 Å². The molecule has 6 nitrogen and oxygen atoms in total. The SMILES string of the molecule is Cc1ccc(C)c(C(C)NC(=O)c2cc(S(=O)(=O)N3CCOCC3)ccc2C)c1. The van der Waals surface area contributed by atoms with Crippen molar-refractivity contribution in [3.63, 3.8) is 0 Å². The van der Waals surface area contributed by atoms with Gasteiger partial charge in [0, 0.05) is 18.7 Å². The predicted octanol–water partition coefficient (Wildman–Crippen LogP) is 3.12. The Kier molecular flexibility index (Phi) is 6.41. The Morgan fingerprint density at radius 2 is 1.69 bits per heavy atom. The number of sulfonamides is 1. The molecule has 1 atom stereocenters. The summed E-state index contributed by atoms with van der Waals surface area (Å²) < 4.78 is 32.5. The fourth-order valence-corrected chi connectivity index (χ4v) is 4.96. The highest BCUT2D eigenvalue weighted by Crippen LogP contribution is 2.23. The maximum atomic E-state index is 13.0. The third kappa shape index (κ3) is 4.69. The number of nitrogens with one attached hydrogen (secondary N) is 1. The van der Waals surface area contributed by atoms with Crippen molar-refractivity contribution in [2.45, 2.75) is 38.6 Å². The van der Waals surface area contributed by atoms with Crippen molar-refractivity contribution < 1.29 is 17.9 Å². The van der Waals surface area contributed by atoms with Gasteiger partial charge in [0.25, 0.3) is 5.91 Å². The molecule has 0 spiro atoms. The van der Waals surface area contributed by atoms with E-state index in [2.05, 4.69) is 11.4 Å². The molecule has 1 heterocycles. The topological polar surface area (TPSA) is 75.7 Å². The van der Waals surface area contributed by atoms with E-state index in [0.717, 1.165) is 22.3 Å². The van der Waals surface area contributed by atoms with Gasteiger partial charge in [-0.15, -0.1) is 0 Å². The average Bonchev–Trinajstić information content (AvgIpc) is 2.70. The van der Waals surface area contributed by atoms with Gasteiger partial charge in [-0.2, -0.15) is 4.31 Å². The van der Waals surface area contributed by atoms with E-state index < -0.39 is 10.0 Å². The summed E-state index contributed by atoms with van der Waals surface area (Å²) in [6.07, 6.45) is 0. The first-order chi connectivity index (χ1) is 13.7. The second kappa shape index (κ2) is 8.65. The van der Waals surface area contributed by atoms with E-state index in [1.807, 2.05) is 39.8 Å². The van der Waals surface area contributed by atoms with Crippen molar-refractivity contribution in [3.05, 3.63) is 64.2 Å². The summed E-state index contributed by atoms with van der Waals surface area (Å²) in [5.74, 6) is -0.282. The molecule has 1 aliphatic rings. The second-order valence-corrected chi connectivity index (χ2v) is 9.49. The molecule has 1 aliphatic heterocycles. The van der Waals surface area contributed by atoms with Gasteiger partial charge in [-0.1, -0.05) is 29.8 Å². The van der Waals surface area contributed by atoms with Crippen LogP contribution in [0.15, 0.2) is 41.3 Å². The molecule has 0 aliphatic carbocycles. The molecule has 1 unspecified atom stereocenters. The Labute approximate surface area is 172 Å². The minimum absolute atomic E-state index is 0.134. The molecule has 0 bridgehead atoms. The fraction of sp³-hybridized carbons (Fsp3) is 0.409. The highest BCUT2D eigenvalue weighted by atomic mass is 32.2. The molecule has 1 amide bonds. The van der Waals surface area contributed by atoms with Crippen LogP contribution in [-0.4, -0.2) is 44.9 Å². The Hall–Kier alpha value is -2.22. The number of hydrogen-bond acceptors (Lipinski definition) is 4. The number of carbonyl (C=O) groups excluding carboxylic acids is 1. The molecule has 3 rings (SSSR count). The van der Waals surface area contributed by atoms with Gasteiger partial charge in [0.2, 0.25) is 10.0 Å². The molecule has 156 valence electrons. The van der Waals surface area contributed by atoms with Gasteiger partial charge in [0.15, 0.2) is 0 Å². The lowest BCUT2D eigenvalue weighted by Crippen LogP contribution is -2.40. The molecule has 1 fully saturated rings. The number of rotatable bonds is 5. The lowest BCUT2D eigenvalue weighted by atomic mass is 9.99. The highest BCUT2D eigenvalue weighted by molar-refractivity contribution is 7.89. The minimum Gasteiger partial charge on any atom is -0.379 e. The first-order valence-corrected chi connectivity index (χ1v) is 11.2. The van der Waals surface area contributed by atoms with Crippen molar-refractivity contribution in [2.75, 3.05) is 26.3 Å². The number of hydrogen-bond donors (Lipinski definition) is 1. The smallest absolute Gasteiger partial charge is 0.252 e. The third-order valence-corrected chi connectivity index (χ3v) is 7.20. The van der Waals surface area contributed by atoms with Gasteiger partial charge in [-0.3, -0.25) is 4.79 Å². The van der Waals surface area contributed by atoms with Crippen molar-refractivity contribution in [1.82, 2.24) is 9.62 Å². The zero-order valence-electron chi connectivity index (χ0n) is 17.4. The number of aryl methyl sites for hydroxylation is 3. The number of nitrogens with zero attached hydrogens (tertiary/aromatic N) is 1. The first-order valence-electron chi connectivity index (χ1n) is 9.76. The van der Waals surface area contributed by atoms with E-state index in [0.29, 0.717) is 31.9 Å². The van der Waals surface area contributed by atoms with Crippen molar-refractivity contribution in [1.29, 1.82) is 0 Å². The molecule has 2 aromatic rings. The highest BCUT2D eigenvalue weighted by Gasteiger charge is 2.27. The zero-order chi connectivity index (χ0) is 21.2. The molecular formula is C22H28N2O4S. The van der Waals surface area contributed by atoms with Gasteiger partial charge in [-0.05, 0) is 56.5 Å². The van der Waals surface area contributed by atoms with E-state index in [1.54, 1.807) is 12.1 Å². The Balaban J connectivity index is 1.85. The third-order valence-electron chi connectivity index (χ3n) is 5.31. The summed E-state index contributed by atoms with van der Waals surface area (Å²) >= 11 is 0. The van der Waals surface area contributed by atoms with Crippen LogP contribution in [0.25, 0.3) is 0 Å². The first kappa shape index (κ1) is 21.5. The molecule has 1 saturated heterocycles. The molecule has 7 heteroatoms. The number of amides is 1. The van der Waals surface area contributed by atoms with Crippen LogP contribution >= 0.6 is 0 Å². The summed E-state index contributed by atoms with van der Waals surface area (Å²) in [6.45, 7) is 9.17. The molecule has 0 saturated carbocycles. The largest absolute Gasteiger partial charge is 0.379 e. The Morgan fingerprint density at radius 1 is 1.03 bits per heavy atom. The van der Waals surface area contributed by atoms with Crippen molar-refractivity contribution >= 4 is 15.9 Å². The van der Waals surface area contributed by atoms with Gasteiger partial charge in [0.05, 0.1) is 24.2 Å². The minimum atomic E-state index is -3.65. The zero-order valence-corrected chi connectivity index (χ0v) is 18.2. The normalized spacial score (nSPS) is 16.4. The monoisotopic (exact) mass is 416 g/mol. The maximum absolute atomic E-state index is 13.0. The summed E-state index contributed by atoms with van der Waals surface area (Å²) in [6, 6.07) is 10.7. The predicted molar refractivity (Wildman–Crippen MR) is 113 cm³/mol. The quantitative estimate of drug-likeness (QED) is 0.813. The van der Waals surface area contributed by atoms with E-state index in [1.165, 1.54) is 10.4 Å². The van der Waals surface area contributed by atoms with Gasteiger partial charge in [-0.25, -0.2) is 8.42 Å². The molecule has 2 aromatic carbocycles. The van der Waals surface area contributed by atoms with Crippen LogP contribution in [0, 0.1) is 20.8 Å². The molecular weight excluding hydrogens is 388 g/mol. The number of morpholine rings is 1. The summed E-state index contributed by atoms with van der Waals surface area (Å²) in [7, 11) is -3.65. The number of carbonyl (C=O) groups is 1. The molecule has 29 heavy (non-hydrogen) atoms. The van der Waals surface area contributed by atoms with Crippen LogP contribution in [0.5, 0.6) is 0 Å². The van der Waals surface area contributed by atoms with E-state index >= 15 is 0 Å². The Bertz CT molecular complexity index is 1010. The van der Waals surface area contributed by atoms with E-state index in [9.17, 15) is 13.2 Å². The number of benzene rings is 2. The van der Waals surface area contributed by atoms with Crippen LogP contribution in [0.4, 0.5) is 0 Å². The van der Waals surface area contributed by atoms with Gasteiger partial charge >= 0.3 is 0 Å². The Morgan fingerprint density at radius 3 is 2.38 bits per heavy atom. The standard InChI is InChI=1S/C22H28N2O4S/c1-15-5-6-16(2)20(13-15)18(4)23-22(25)21-14-19(8-7-17(21)3)29(26,27)24-9-11-28-12-10-24/h5-8,13-14,18H,9-12H2,1-4H3,(H,23,25). The van der Waals surface area contributed by atoms with Crippen LogP contribution in [0.1, 0.15) is 45.6 Å². The lowest BCUT2D eigenvalue weighted by Gasteiger charge is -2.26. The van der Waals surface area contributed by atoms with Gasteiger partial charge < -0.3 is 10.1 Å². The summed E-state index contributed by atoms with van der Waals surface area (Å²) in [5, 5.41) is 3.01. The summed E-state index contributed by atoms with van der Waals surface area (Å²) in [4.78, 5) is 13.1. The van der Waals surface area contributed by atoms with E-state index in [-0.39, 0.29) is 16.8 Å². The van der Waals surface area contributed by atoms with Crippen molar-refractivity contribution in [2.24, 2.45) is 0 Å². The maximum Gasteiger partial charge on any atom is 0.252 e. The lowest BCUT2D eigenvalue weighted by molar-refractivity contribution is 0.0730. The second-order valence-electron chi connectivity index (χ2n) is 7.55. The van der Waals surface area contributed by atoms with E-state index in [4.69, 9.17) is 4.74 Å². The van der Waals surface area contributed by atoms with Crippen LogP contribution in [0.3, 0.4) is 0 Å². The van der Waals surface area contributed by atoms with Gasteiger partial charge in [0.1, 0.15) is 0 Å². The average molecular weight is 417 g/mol. The molecule has 0 aromatic heterocycles. The van der Waals surface area contributed by atoms with Crippen molar-refractivity contribution in [3.8, 4) is 0 Å². The number of ether oxygens (including phenoxy) is 1. The molecule has 0 radical (unpaired) electrons. The molecule has 1 N–H and O–H groups in total. The summed E-state index contributed by atoms with van der Waals surface area (Å²) in [5.41, 5.74) is 4.38. The fourth-order valence-electron chi connectivity index (χ4n) is 3.52. The van der Waals surface area contributed by atoms with Crippen LogP contribution in [0.2, 0.25) is 0 Å².